The Balaban J connectivity index is 1.52. The Bertz CT molecular complexity index is 613. The molecule has 0 aliphatic heterocycles. The van der Waals surface area contributed by atoms with Crippen molar-refractivity contribution in [2.75, 3.05) is 0 Å². The van der Waals surface area contributed by atoms with Gasteiger partial charge in [-0.15, -0.1) is 0 Å². The molecule has 0 saturated heterocycles. The Morgan fingerprint density at radius 2 is 1.81 bits per heavy atom. The third-order valence-corrected chi connectivity index (χ3v) is 10.1. The van der Waals surface area contributed by atoms with Crippen molar-refractivity contribution in [3.05, 3.63) is 0 Å². The van der Waals surface area contributed by atoms with Crippen LogP contribution in [0.2, 0.25) is 0 Å². The minimum Gasteiger partial charge on any atom is -0.481 e. The molecule has 3 nitrogen and oxygen atoms in total. The van der Waals surface area contributed by atoms with Crippen molar-refractivity contribution in [2.45, 2.75) is 91.4 Å². The summed E-state index contributed by atoms with van der Waals surface area (Å²) < 4.78 is 0. The van der Waals surface area contributed by atoms with Gasteiger partial charge in [-0.2, -0.15) is 0 Å². The van der Waals surface area contributed by atoms with Crippen LogP contribution in [0, 0.1) is 46.3 Å². The van der Waals surface area contributed by atoms with Gasteiger partial charge in [-0.25, -0.2) is 0 Å². The van der Waals surface area contributed by atoms with Crippen molar-refractivity contribution in [3.63, 3.8) is 0 Å². The van der Waals surface area contributed by atoms with Crippen LogP contribution < -0.4 is 0 Å². The molecule has 4 rings (SSSR count). The molecule has 0 spiro atoms. The Morgan fingerprint density at radius 3 is 2.56 bits per heavy atom. The van der Waals surface area contributed by atoms with E-state index in [1.807, 2.05) is 0 Å². The van der Waals surface area contributed by atoms with E-state index in [4.69, 9.17) is 5.11 Å². The summed E-state index contributed by atoms with van der Waals surface area (Å²) in [5.74, 6) is 4.19. The first kappa shape index (κ1) is 19.5. The molecule has 4 fully saturated rings. The summed E-state index contributed by atoms with van der Waals surface area (Å²) in [7, 11) is 0. The summed E-state index contributed by atoms with van der Waals surface area (Å²) in [5, 5.41) is 9.09. The molecule has 0 amide bonds. The van der Waals surface area contributed by atoms with Crippen molar-refractivity contribution in [1.29, 1.82) is 0 Å². The molecule has 0 aromatic heterocycles. The first-order valence-corrected chi connectivity index (χ1v) is 11.5. The number of hydrogen-bond acceptors (Lipinski definition) is 2. The number of ketones is 1. The van der Waals surface area contributed by atoms with E-state index in [1.54, 1.807) is 0 Å². The normalized spacial score (nSPS) is 47.7. The summed E-state index contributed by atoms with van der Waals surface area (Å²) in [6.07, 6.45) is 11.8. The van der Waals surface area contributed by atoms with Gasteiger partial charge in [0.15, 0.2) is 0 Å². The molecule has 0 heterocycles. The van der Waals surface area contributed by atoms with Gasteiger partial charge in [0, 0.05) is 19.3 Å². The molecule has 0 aromatic carbocycles. The minimum atomic E-state index is -0.650. The molecule has 1 N–H and O–H groups in total. The lowest BCUT2D eigenvalue weighted by molar-refractivity contribution is -0.140. The van der Waals surface area contributed by atoms with Gasteiger partial charge in [0.2, 0.25) is 0 Å². The van der Waals surface area contributed by atoms with Gasteiger partial charge in [-0.3, -0.25) is 9.59 Å². The maximum Gasteiger partial charge on any atom is 0.303 e. The fourth-order valence-electron chi connectivity index (χ4n) is 8.57. The third kappa shape index (κ3) is 3.08. The number of carboxylic acid groups (broad SMARTS) is 1. The van der Waals surface area contributed by atoms with Gasteiger partial charge >= 0.3 is 5.97 Å². The lowest BCUT2D eigenvalue weighted by Crippen LogP contribution is -2.53. The summed E-state index contributed by atoms with van der Waals surface area (Å²) in [6, 6.07) is 0. The molecule has 1 unspecified atom stereocenters. The first-order valence-electron chi connectivity index (χ1n) is 11.5. The number of carboxylic acids is 1. The van der Waals surface area contributed by atoms with Crippen LogP contribution in [0.15, 0.2) is 0 Å². The van der Waals surface area contributed by atoms with Gasteiger partial charge < -0.3 is 5.11 Å². The number of carbonyl (C=O) groups is 2. The second-order valence-corrected chi connectivity index (χ2v) is 11.0. The molecule has 152 valence electrons. The van der Waals surface area contributed by atoms with Crippen molar-refractivity contribution in [1.82, 2.24) is 0 Å². The standard InChI is InChI=1S/C24H38O3/c1-15(4-9-22(26)27)19-7-8-20-18-6-5-16-14-17(25)10-12-23(16,2)21(18)11-13-24(19,20)3/h15-16,18-21H,4-14H2,1-3H3,(H,26,27)/t15?,16-,18+,19-,20+,21+,23+,24-/m1/s1. The number of hydrogen-bond donors (Lipinski definition) is 1. The zero-order valence-electron chi connectivity index (χ0n) is 17.5. The fraction of sp³-hybridized carbons (Fsp3) is 0.917. The molecule has 4 saturated carbocycles. The topological polar surface area (TPSA) is 54.4 Å². The number of rotatable bonds is 4. The first-order chi connectivity index (χ1) is 12.8. The summed E-state index contributed by atoms with van der Waals surface area (Å²) in [5.41, 5.74) is 0.804. The van der Waals surface area contributed by atoms with Crippen LogP contribution in [0.3, 0.4) is 0 Å². The van der Waals surface area contributed by atoms with Crippen LogP contribution in [0.1, 0.15) is 91.4 Å². The van der Waals surface area contributed by atoms with Crippen molar-refractivity contribution in [2.24, 2.45) is 46.3 Å². The van der Waals surface area contributed by atoms with Gasteiger partial charge in [-0.1, -0.05) is 20.8 Å². The van der Waals surface area contributed by atoms with E-state index in [0.29, 0.717) is 40.8 Å². The molecule has 4 aliphatic carbocycles. The zero-order chi connectivity index (χ0) is 19.4. The predicted octanol–water partition coefficient (Wildman–Crippen LogP) is 5.72. The van der Waals surface area contributed by atoms with E-state index in [0.717, 1.165) is 43.4 Å². The Kier molecular flexibility index (Phi) is 4.96. The van der Waals surface area contributed by atoms with E-state index in [9.17, 15) is 9.59 Å². The zero-order valence-corrected chi connectivity index (χ0v) is 17.5. The van der Waals surface area contributed by atoms with Gasteiger partial charge in [0.05, 0.1) is 0 Å². The largest absolute Gasteiger partial charge is 0.481 e. The van der Waals surface area contributed by atoms with Crippen molar-refractivity contribution in [3.8, 4) is 0 Å². The Morgan fingerprint density at radius 1 is 1.07 bits per heavy atom. The lowest BCUT2D eigenvalue weighted by Gasteiger charge is -2.60. The average molecular weight is 375 g/mol. The second-order valence-electron chi connectivity index (χ2n) is 11.0. The van der Waals surface area contributed by atoms with Gasteiger partial charge in [0.1, 0.15) is 5.78 Å². The van der Waals surface area contributed by atoms with Crippen molar-refractivity contribution >= 4 is 11.8 Å². The smallest absolute Gasteiger partial charge is 0.303 e. The van der Waals surface area contributed by atoms with Crippen LogP contribution in [0.25, 0.3) is 0 Å². The number of fused-ring (bicyclic) bond motifs is 5. The van der Waals surface area contributed by atoms with Crippen molar-refractivity contribution < 1.29 is 14.7 Å². The van der Waals surface area contributed by atoms with Crippen LogP contribution in [-0.4, -0.2) is 16.9 Å². The van der Waals surface area contributed by atoms with Gasteiger partial charge in [-0.05, 0) is 97.7 Å². The minimum absolute atomic E-state index is 0.318. The molecule has 3 heteroatoms. The lowest BCUT2D eigenvalue weighted by atomic mass is 9.44. The number of Topliss-reactive ketones (excluding diaryl/α,β-unsaturated/α-hetero) is 1. The monoisotopic (exact) mass is 374 g/mol. The predicted molar refractivity (Wildman–Crippen MR) is 106 cm³/mol. The molecule has 8 atom stereocenters. The highest BCUT2D eigenvalue weighted by molar-refractivity contribution is 5.79. The quantitative estimate of drug-likeness (QED) is 0.685. The molecular weight excluding hydrogens is 336 g/mol. The van der Waals surface area contributed by atoms with Crippen LogP contribution in [-0.2, 0) is 9.59 Å². The summed E-state index contributed by atoms with van der Waals surface area (Å²) in [6.45, 7) is 7.37. The van der Waals surface area contributed by atoms with E-state index < -0.39 is 5.97 Å². The summed E-state index contributed by atoms with van der Waals surface area (Å²) >= 11 is 0. The van der Waals surface area contributed by atoms with Gasteiger partial charge in [0.25, 0.3) is 0 Å². The van der Waals surface area contributed by atoms with Crippen LogP contribution in [0.5, 0.6) is 0 Å². The average Bonchev–Trinajstić information content (AvgIpc) is 2.97. The molecular formula is C24H38O3. The third-order valence-electron chi connectivity index (χ3n) is 10.1. The number of carbonyl (C=O) groups excluding carboxylic acids is 1. The summed E-state index contributed by atoms with van der Waals surface area (Å²) in [4.78, 5) is 23.1. The van der Waals surface area contributed by atoms with E-state index in [-0.39, 0.29) is 0 Å². The highest BCUT2D eigenvalue weighted by atomic mass is 16.4. The maximum absolute atomic E-state index is 12.0. The van der Waals surface area contributed by atoms with E-state index >= 15 is 0 Å². The SMILES string of the molecule is CC(CCC(=O)O)[C@H]1CC[C@H]2[C@@H]3CC[C@@H]4CC(=O)CC[C@]4(C)[C@H]3CC[C@]12C. The van der Waals surface area contributed by atoms with Crippen LogP contribution >= 0.6 is 0 Å². The number of aliphatic carboxylic acids is 1. The highest BCUT2D eigenvalue weighted by Gasteiger charge is 2.60. The fourth-order valence-corrected chi connectivity index (χ4v) is 8.57. The highest BCUT2D eigenvalue weighted by Crippen LogP contribution is 2.68. The molecule has 27 heavy (non-hydrogen) atoms. The van der Waals surface area contributed by atoms with E-state index in [2.05, 4.69) is 20.8 Å². The Labute approximate surface area is 164 Å². The molecule has 0 bridgehead atoms. The molecule has 0 aromatic rings. The van der Waals surface area contributed by atoms with E-state index in [1.165, 1.54) is 38.5 Å². The second kappa shape index (κ2) is 6.88. The Hall–Kier alpha value is -0.860. The van der Waals surface area contributed by atoms with Crippen LogP contribution in [0.4, 0.5) is 0 Å². The molecule has 0 radical (unpaired) electrons. The maximum atomic E-state index is 12.0. The molecule has 4 aliphatic rings.